The first-order valence-electron chi connectivity index (χ1n) is 10.5. The van der Waals surface area contributed by atoms with Crippen molar-refractivity contribution >= 4 is 23.6 Å². The highest BCUT2D eigenvalue weighted by atomic mass is 32.2. The molecule has 1 aromatic heterocycles. The molecule has 9 heteroatoms. The summed E-state index contributed by atoms with van der Waals surface area (Å²) < 4.78 is 7.53. The van der Waals surface area contributed by atoms with Gasteiger partial charge >= 0.3 is 0 Å². The highest BCUT2D eigenvalue weighted by Crippen LogP contribution is 2.28. The monoisotopic (exact) mass is 442 g/mol. The Hall–Kier alpha value is -2.57. The first-order chi connectivity index (χ1) is 14.8. The number of rotatable bonds is 8. The maximum absolute atomic E-state index is 12.8. The molecule has 166 valence electrons. The molecule has 31 heavy (non-hydrogen) atoms. The maximum atomic E-state index is 12.8. The molecular weight excluding hydrogens is 412 g/mol. The molecule has 3 rings (SSSR count). The molecule has 1 amide bonds. The van der Waals surface area contributed by atoms with E-state index in [9.17, 15) is 10.1 Å². The van der Waals surface area contributed by atoms with Crippen LogP contribution in [0, 0.1) is 17.2 Å². The van der Waals surface area contributed by atoms with Gasteiger partial charge in [-0.25, -0.2) is 0 Å². The molecule has 0 aliphatic carbocycles. The van der Waals surface area contributed by atoms with Gasteiger partial charge < -0.3 is 15.0 Å². The Morgan fingerprint density at radius 3 is 2.55 bits per heavy atom. The number of nitriles is 1. The number of thioether (sulfide) groups is 1. The summed E-state index contributed by atoms with van der Waals surface area (Å²) in [6, 6.07) is 12.4. The van der Waals surface area contributed by atoms with E-state index >= 15 is 0 Å². The summed E-state index contributed by atoms with van der Waals surface area (Å²) in [6.45, 7) is 10.8. The van der Waals surface area contributed by atoms with Crippen molar-refractivity contribution in [3.63, 3.8) is 0 Å². The summed E-state index contributed by atoms with van der Waals surface area (Å²) in [6.07, 6.45) is 0. The lowest BCUT2D eigenvalue weighted by molar-refractivity contribution is -0.121. The highest BCUT2D eigenvalue weighted by Gasteiger charge is 2.32. The van der Waals surface area contributed by atoms with E-state index in [0.717, 1.165) is 24.6 Å². The number of nitrogens with one attached hydrogen (secondary N) is 1. The zero-order valence-electron chi connectivity index (χ0n) is 18.5. The van der Waals surface area contributed by atoms with Crippen LogP contribution in [0.25, 0.3) is 0 Å². The molecular formula is C22H30N6O2S. The topological polar surface area (TPSA) is 96.1 Å². The van der Waals surface area contributed by atoms with E-state index in [1.165, 1.54) is 11.8 Å². The van der Waals surface area contributed by atoms with Crippen LogP contribution in [0.2, 0.25) is 0 Å². The van der Waals surface area contributed by atoms with Crippen molar-refractivity contribution in [1.82, 2.24) is 20.1 Å². The van der Waals surface area contributed by atoms with E-state index in [0.29, 0.717) is 24.9 Å². The highest BCUT2D eigenvalue weighted by molar-refractivity contribution is 8.00. The summed E-state index contributed by atoms with van der Waals surface area (Å²) in [7, 11) is 0. The van der Waals surface area contributed by atoms with Gasteiger partial charge in [-0.3, -0.25) is 9.36 Å². The van der Waals surface area contributed by atoms with Gasteiger partial charge in [-0.2, -0.15) is 5.26 Å². The van der Waals surface area contributed by atoms with Gasteiger partial charge in [0.15, 0.2) is 5.16 Å². The average molecular weight is 443 g/mol. The van der Waals surface area contributed by atoms with Gasteiger partial charge in [0.25, 0.3) is 0 Å². The van der Waals surface area contributed by atoms with Crippen molar-refractivity contribution in [3.05, 3.63) is 35.9 Å². The minimum absolute atomic E-state index is 0.00620. The van der Waals surface area contributed by atoms with Crippen molar-refractivity contribution in [1.29, 1.82) is 5.26 Å². The van der Waals surface area contributed by atoms with Gasteiger partial charge in [-0.05, 0) is 25.3 Å². The number of anilines is 1. The van der Waals surface area contributed by atoms with Gasteiger partial charge in [0.1, 0.15) is 5.54 Å². The zero-order chi connectivity index (χ0) is 22.4. The summed E-state index contributed by atoms with van der Waals surface area (Å²) in [5.41, 5.74) is 0.218. The lowest BCUT2D eigenvalue weighted by Gasteiger charge is -2.29. The number of nitrogens with zero attached hydrogens (tertiary/aromatic N) is 5. The fourth-order valence-corrected chi connectivity index (χ4v) is 3.98. The summed E-state index contributed by atoms with van der Waals surface area (Å²) >= 11 is 1.36. The number of benzene rings is 1. The number of hydrogen-bond acceptors (Lipinski definition) is 7. The van der Waals surface area contributed by atoms with Crippen molar-refractivity contribution in [3.8, 4) is 6.07 Å². The average Bonchev–Trinajstić information content (AvgIpc) is 3.16. The number of hydrogen-bond donors (Lipinski definition) is 1. The number of carbonyl (C=O) groups excluding carboxylic acids is 1. The molecule has 1 aromatic carbocycles. The number of aromatic nitrogens is 3. The molecule has 1 N–H and O–H groups in total. The Labute approximate surface area is 188 Å². The van der Waals surface area contributed by atoms with Gasteiger partial charge in [0, 0.05) is 13.1 Å². The van der Waals surface area contributed by atoms with Gasteiger partial charge in [0.05, 0.1) is 31.1 Å². The van der Waals surface area contributed by atoms with Crippen LogP contribution in [0.15, 0.2) is 35.5 Å². The molecule has 0 bridgehead atoms. The summed E-state index contributed by atoms with van der Waals surface area (Å²) in [5, 5.41) is 21.5. The second-order valence-corrected chi connectivity index (χ2v) is 9.48. The van der Waals surface area contributed by atoms with Crippen LogP contribution in [0.3, 0.4) is 0 Å². The molecule has 1 saturated heterocycles. The lowest BCUT2D eigenvalue weighted by Crippen LogP contribution is -2.51. The molecule has 2 aromatic rings. The second kappa shape index (κ2) is 10.2. The third kappa shape index (κ3) is 5.57. The summed E-state index contributed by atoms with van der Waals surface area (Å²) in [5.74, 6) is 0.588. The number of carbonyl (C=O) groups is 1. The van der Waals surface area contributed by atoms with Crippen LogP contribution in [0.5, 0.6) is 0 Å². The van der Waals surface area contributed by atoms with Crippen LogP contribution in [-0.4, -0.2) is 57.8 Å². The van der Waals surface area contributed by atoms with Gasteiger partial charge in [0.2, 0.25) is 11.9 Å². The van der Waals surface area contributed by atoms with E-state index in [4.69, 9.17) is 4.74 Å². The minimum Gasteiger partial charge on any atom is -0.378 e. The van der Waals surface area contributed by atoms with Crippen LogP contribution in [0.1, 0.15) is 33.3 Å². The van der Waals surface area contributed by atoms with E-state index in [1.807, 2.05) is 39.0 Å². The largest absolute Gasteiger partial charge is 0.378 e. The fourth-order valence-electron chi connectivity index (χ4n) is 3.14. The first-order valence-corrected chi connectivity index (χ1v) is 11.4. The molecule has 1 aliphatic rings. The lowest BCUT2D eigenvalue weighted by atomic mass is 9.90. The Bertz CT molecular complexity index is 920. The molecule has 2 heterocycles. The fraction of sp³-hybridized carbons (Fsp3) is 0.545. The van der Waals surface area contributed by atoms with Gasteiger partial charge in [-0.1, -0.05) is 55.9 Å². The minimum atomic E-state index is -0.914. The Morgan fingerprint density at radius 2 is 1.94 bits per heavy atom. The molecule has 0 spiro atoms. The summed E-state index contributed by atoms with van der Waals surface area (Å²) in [4.78, 5) is 15.0. The maximum Gasteiger partial charge on any atom is 0.234 e. The van der Waals surface area contributed by atoms with E-state index < -0.39 is 10.8 Å². The molecule has 2 atom stereocenters. The van der Waals surface area contributed by atoms with Crippen molar-refractivity contribution < 1.29 is 9.53 Å². The standard InChI is InChI=1S/C22H30N6O2S/c1-16(2)22(4,15-23)24-19(29)17(3)31-21-26-25-20(27-10-12-30-13-11-27)28(21)14-18-8-6-5-7-9-18/h5-9,16-17H,10-14H2,1-4H3,(H,24,29). The van der Waals surface area contributed by atoms with Crippen molar-refractivity contribution in [2.75, 3.05) is 31.2 Å². The number of ether oxygens (including phenoxy) is 1. The zero-order valence-corrected chi connectivity index (χ0v) is 19.4. The SMILES string of the molecule is CC(Sc1nnc(N2CCOCC2)n1Cc1ccccc1)C(=O)NC(C)(C#N)C(C)C. The molecule has 0 radical (unpaired) electrons. The number of morpholine rings is 1. The first kappa shape index (κ1) is 23.1. The molecule has 1 fully saturated rings. The van der Waals surface area contributed by atoms with E-state index in [2.05, 4.69) is 43.2 Å². The Balaban J connectivity index is 1.82. The Morgan fingerprint density at radius 1 is 1.26 bits per heavy atom. The molecule has 1 aliphatic heterocycles. The Kier molecular flexibility index (Phi) is 7.57. The normalized spacial score (nSPS) is 17.1. The third-order valence-electron chi connectivity index (χ3n) is 5.60. The van der Waals surface area contributed by atoms with Crippen LogP contribution in [0.4, 0.5) is 5.95 Å². The number of amides is 1. The smallest absolute Gasteiger partial charge is 0.234 e. The third-order valence-corrected chi connectivity index (χ3v) is 6.68. The van der Waals surface area contributed by atoms with Crippen LogP contribution < -0.4 is 10.2 Å². The van der Waals surface area contributed by atoms with Gasteiger partial charge in [-0.15, -0.1) is 10.2 Å². The molecule has 0 saturated carbocycles. The predicted molar refractivity (Wildman–Crippen MR) is 121 cm³/mol. The van der Waals surface area contributed by atoms with E-state index in [-0.39, 0.29) is 11.8 Å². The quantitative estimate of drug-likeness (QED) is 0.628. The molecule has 2 unspecified atom stereocenters. The van der Waals surface area contributed by atoms with Crippen LogP contribution >= 0.6 is 11.8 Å². The van der Waals surface area contributed by atoms with Crippen LogP contribution in [-0.2, 0) is 16.1 Å². The van der Waals surface area contributed by atoms with E-state index in [1.54, 1.807) is 6.92 Å². The van der Waals surface area contributed by atoms with Crippen molar-refractivity contribution in [2.45, 2.75) is 50.2 Å². The molecule has 8 nitrogen and oxygen atoms in total. The second-order valence-electron chi connectivity index (χ2n) is 8.17. The van der Waals surface area contributed by atoms with Crippen molar-refractivity contribution in [2.24, 2.45) is 5.92 Å². The predicted octanol–water partition coefficient (Wildman–Crippen LogP) is 2.70.